The third kappa shape index (κ3) is 5.47. The van der Waals surface area contributed by atoms with Crippen molar-refractivity contribution in [2.75, 3.05) is 11.1 Å². The molecule has 0 bridgehead atoms. The summed E-state index contributed by atoms with van der Waals surface area (Å²) in [6.45, 7) is 2.02. The lowest BCUT2D eigenvalue weighted by atomic mass is 9.96. The van der Waals surface area contributed by atoms with E-state index in [1.165, 1.54) is 28.0 Å². The van der Waals surface area contributed by atoms with Crippen LogP contribution in [0.1, 0.15) is 40.0 Å². The van der Waals surface area contributed by atoms with Crippen molar-refractivity contribution in [2.24, 2.45) is 0 Å². The number of nitrogens with zero attached hydrogens (tertiary/aromatic N) is 3. The monoisotopic (exact) mass is 554 g/mol. The van der Waals surface area contributed by atoms with Crippen LogP contribution < -0.4 is 5.32 Å². The highest BCUT2D eigenvalue weighted by Gasteiger charge is 2.22. The van der Waals surface area contributed by atoms with Crippen molar-refractivity contribution in [1.29, 1.82) is 10.5 Å². The van der Waals surface area contributed by atoms with Crippen molar-refractivity contribution < 1.29 is 4.79 Å². The summed E-state index contributed by atoms with van der Waals surface area (Å²) in [5, 5.41) is 24.5. The number of pyridine rings is 1. The van der Waals surface area contributed by atoms with Crippen molar-refractivity contribution in [2.45, 2.75) is 37.6 Å². The molecule has 0 saturated carbocycles. The Hall–Kier alpha value is -3.62. The molecule has 5 nitrogen and oxygen atoms in total. The molecule has 0 unspecified atom stereocenters. The van der Waals surface area contributed by atoms with Gasteiger partial charge in [0.05, 0.1) is 22.6 Å². The molecule has 4 aromatic rings. The van der Waals surface area contributed by atoms with Crippen LogP contribution in [0.3, 0.4) is 0 Å². The van der Waals surface area contributed by atoms with Crippen molar-refractivity contribution in [3.05, 3.63) is 86.8 Å². The van der Waals surface area contributed by atoms with E-state index in [1.54, 1.807) is 12.1 Å². The number of aryl methyl sites for hydroxylation is 2. The Morgan fingerprint density at radius 2 is 1.71 bits per heavy atom. The van der Waals surface area contributed by atoms with Gasteiger partial charge in [-0.05, 0) is 61.9 Å². The van der Waals surface area contributed by atoms with Crippen molar-refractivity contribution >= 4 is 45.6 Å². The number of aromatic nitrogens is 1. The average Bonchev–Trinajstić information content (AvgIpc) is 3.29. The number of benzene rings is 2. The van der Waals surface area contributed by atoms with E-state index < -0.39 is 0 Å². The van der Waals surface area contributed by atoms with Gasteiger partial charge in [-0.2, -0.15) is 10.5 Å². The Morgan fingerprint density at radius 1 is 1.03 bits per heavy atom. The number of rotatable bonds is 6. The van der Waals surface area contributed by atoms with Crippen molar-refractivity contribution in [1.82, 2.24) is 4.98 Å². The van der Waals surface area contributed by atoms with E-state index in [9.17, 15) is 15.3 Å². The maximum atomic E-state index is 13.0. The molecular formula is C30H23ClN4OS2. The highest BCUT2D eigenvalue weighted by molar-refractivity contribution is 8.00. The van der Waals surface area contributed by atoms with Gasteiger partial charge >= 0.3 is 0 Å². The molecule has 2 aromatic carbocycles. The lowest BCUT2D eigenvalue weighted by Crippen LogP contribution is -2.14. The molecule has 188 valence electrons. The van der Waals surface area contributed by atoms with Crippen LogP contribution in [0.25, 0.3) is 22.4 Å². The van der Waals surface area contributed by atoms with Crippen molar-refractivity contribution in [3.63, 3.8) is 0 Å². The summed E-state index contributed by atoms with van der Waals surface area (Å²) in [6.07, 6.45) is 4.01. The molecule has 1 amide bonds. The second-order valence-electron chi connectivity index (χ2n) is 9.08. The number of fused-ring (bicyclic) bond motifs is 1. The maximum Gasteiger partial charge on any atom is 0.235 e. The normalized spacial score (nSPS) is 12.3. The SMILES string of the molecule is Cc1ccc(-c2cc(-c3ccc(Cl)cc3)c(C#N)c(SCC(=O)Nc3sc4c(c3C#N)CCCC4)n2)cc1. The number of anilines is 1. The molecule has 1 aliphatic carbocycles. The molecule has 0 radical (unpaired) electrons. The first-order chi connectivity index (χ1) is 18.5. The zero-order valence-electron chi connectivity index (χ0n) is 20.7. The Labute approximate surface area is 235 Å². The molecule has 0 atom stereocenters. The van der Waals surface area contributed by atoms with Crippen LogP contribution in [0.2, 0.25) is 5.02 Å². The van der Waals surface area contributed by atoms with E-state index in [2.05, 4.69) is 17.5 Å². The van der Waals surface area contributed by atoms with E-state index in [4.69, 9.17) is 16.6 Å². The van der Waals surface area contributed by atoms with Crippen LogP contribution in [0.4, 0.5) is 5.00 Å². The second-order valence-corrected chi connectivity index (χ2v) is 11.6. The third-order valence-electron chi connectivity index (χ3n) is 6.48. The standard InChI is InChI=1S/C30H23ClN4OS2/c1-18-6-8-20(9-7-18)26-14-23(19-10-12-21(31)13-11-19)25(16-33)29(34-26)37-17-28(36)35-30-24(15-32)22-4-2-3-5-27(22)38-30/h6-14H,2-5,17H2,1H3,(H,35,36). The number of thioether (sulfide) groups is 1. The first-order valence-electron chi connectivity index (χ1n) is 12.2. The summed E-state index contributed by atoms with van der Waals surface area (Å²) < 4.78 is 0. The fourth-order valence-corrected chi connectivity index (χ4v) is 6.72. The maximum absolute atomic E-state index is 13.0. The van der Waals surface area contributed by atoms with Crippen LogP contribution in [0, 0.1) is 29.6 Å². The average molecular weight is 555 g/mol. The first-order valence-corrected chi connectivity index (χ1v) is 14.4. The van der Waals surface area contributed by atoms with Crippen LogP contribution in [0.15, 0.2) is 59.6 Å². The van der Waals surface area contributed by atoms with Gasteiger partial charge in [0, 0.05) is 21.0 Å². The van der Waals surface area contributed by atoms with E-state index in [0.29, 0.717) is 26.2 Å². The van der Waals surface area contributed by atoms with Gasteiger partial charge in [0.15, 0.2) is 0 Å². The van der Waals surface area contributed by atoms with Crippen LogP contribution in [-0.2, 0) is 17.6 Å². The number of nitrogens with one attached hydrogen (secondary N) is 1. The summed E-state index contributed by atoms with van der Waals surface area (Å²) in [5.74, 6) is -0.170. The van der Waals surface area contributed by atoms with Gasteiger partial charge in [-0.15, -0.1) is 11.3 Å². The van der Waals surface area contributed by atoms with Gasteiger partial charge in [0.2, 0.25) is 5.91 Å². The Kier molecular flexibility index (Phi) is 7.81. The molecule has 8 heteroatoms. The van der Waals surface area contributed by atoms with Gasteiger partial charge in [-0.25, -0.2) is 4.98 Å². The van der Waals surface area contributed by atoms with Crippen LogP contribution in [-0.4, -0.2) is 16.6 Å². The lowest BCUT2D eigenvalue weighted by Gasteiger charge is -2.13. The molecule has 1 N–H and O–H groups in total. The zero-order valence-corrected chi connectivity index (χ0v) is 23.1. The molecule has 2 heterocycles. The Balaban J connectivity index is 1.46. The summed E-state index contributed by atoms with van der Waals surface area (Å²) in [4.78, 5) is 19.0. The van der Waals surface area contributed by atoms with E-state index in [-0.39, 0.29) is 11.7 Å². The number of hydrogen-bond donors (Lipinski definition) is 1. The van der Waals surface area contributed by atoms with Crippen molar-refractivity contribution in [3.8, 4) is 34.5 Å². The fourth-order valence-electron chi connectivity index (χ4n) is 4.53. The number of thiophene rings is 1. The smallest absolute Gasteiger partial charge is 0.235 e. The predicted molar refractivity (Wildman–Crippen MR) is 155 cm³/mol. The molecule has 2 aromatic heterocycles. The predicted octanol–water partition coefficient (Wildman–Crippen LogP) is 7.79. The summed E-state index contributed by atoms with van der Waals surface area (Å²) in [5.41, 5.74) is 6.43. The summed E-state index contributed by atoms with van der Waals surface area (Å²) in [6, 6.07) is 21.9. The number of carbonyl (C=O) groups is 1. The fraction of sp³-hybridized carbons (Fsp3) is 0.200. The van der Waals surface area contributed by atoms with E-state index >= 15 is 0 Å². The van der Waals surface area contributed by atoms with Crippen LogP contribution in [0.5, 0.6) is 0 Å². The van der Waals surface area contributed by atoms with E-state index in [0.717, 1.165) is 59.2 Å². The summed E-state index contributed by atoms with van der Waals surface area (Å²) in [7, 11) is 0. The molecule has 0 spiro atoms. The van der Waals surface area contributed by atoms with Gasteiger partial charge in [-0.1, -0.05) is 65.3 Å². The number of amides is 1. The topological polar surface area (TPSA) is 89.6 Å². The highest BCUT2D eigenvalue weighted by Crippen LogP contribution is 2.38. The quantitative estimate of drug-likeness (QED) is 0.246. The second kappa shape index (κ2) is 11.4. The molecule has 0 saturated heterocycles. The van der Waals surface area contributed by atoms with Crippen LogP contribution >= 0.6 is 34.7 Å². The van der Waals surface area contributed by atoms with Gasteiger partial charge in [0.1, 0.15) is 22.2 Å². The minimum absolute atomic E-state index is 0.0620. The number of nitriles is 2. The number of halogens is 1. The Bertz CT molecular complexity index is 1600. The minimum atomic E-state index is -0.232. The molecule has 38 heavy (non-hydrogen) atoms. The highest BCUT2D eigenvalue weighted by atomic mass is 35.5. The first kappa shape index (κ1) is 26.0. The minimum Gasteiger partial charge on any atom is -0.316 e. The third-order valence-corrected chi connectivity index (χ3v) is 8.91. The van der Waals surface area contributed by atoms with Gasteiger partial charge < -0.3 is 5.32 Å². The largest absolute Gasteiger partial charge is 0.316 e. The lowest BCUT2D eigenvalue weighted by molar-refractivity contribution is -0.113. The Morgan fingerprint density at radius 3 is 2.42 bits per heavy atom. The zero-order chi connectivity index (χ0) is 26.6. The van der Waals surface area contributed by atoms with E-state index in [1.807, 2.05) is 49.4 Å². The molecule has 1 aliphatic rings. The molecule has 5 rings (SSSR count). The molecule has 0 aliphatic heterocycles. The summed E-state index contributed by atoms with van der Waals surface area (Å²) >= 11 is 8.83. The molecular weight excluding hydrogens is 532 g/mol. The molecule has 0 fully saturated rings. The number of carbonyl (C=O) groups excluding carboxylic acids is 1. The van der Waals surface area contributed by atoms with Gasteiger partial charge in [-0.3, -0.25) is 4.79 Å². The number of hydrogen-bond acceptors (Lipinski definition) is 6. The van der Waals surface area contributed by atoms with Gasteiger partial charge in [0.25, 0.3) is 0 Å².